The third kappa shape index (κ3) is 3.76. The molecule has 2 aromatic heterocycles. The van der Waals surface area contributed by atoms with E-state index in [1.54, 1.807) is 47.4 Å². The normalized spacial score (nSPS) is 14.0. The van der Waals surface area contributed by atoms with Gasteiger partial charge in [0, 0.05) is 24.0 Å². The van der Waals surface area contributed by atoms with Gasteiger partial charge in [0.1, 0.15) is 22.8 Å². The maximum atomic E-state index is 13.2. The lowest BCUT2D eigenvalue weighted by molar-refractivity contribution is 0.0285. The fourth-order valence-electron chi connectivity index (χ4n) is 3.63. The number of morpholine rings is 1. The Hall–Kier alpha value is -3.91. The molecule has 1 aliphatic rings. The topological polar surface area (TPSA) is 84.9 Å². The van der Waals surface area contributed by atoms with Crippen molar-refractivity contribution in [1.29, 1.82) is 0 Å². The summed E-state index contributed by atoms with van der Waals surface area (Å²) in [6.07, 6.45) is 0. The smallest absolute Gasteiger partial charge is 0.291 e. The summed E-state index contributed by atoms with van der Waals surface area (Å²) in [5.41, 5.74) is 1.43. The van der Waals surface area contributed by atoms with Gasteiger partial charge in [-0.25, -0.2) is 4.39 Å². The predicted octanol–water partition coefficient (Wildman–Crippen LogP) is 4.56. The third-order valence-corrected chi connectivity index (χ3v) is 5.29. The van der Waals surface area contributed by atoms with Gasteiger partial charge in [0.25, 0.3) is 11.8 Å². The van der Waals surface area contributed by atoms with Crippen molar-refractivity contribution in [1.82, 2.24) is 4.90 Å². The van der Waals surface area contributed by atoms with Gasteiger partial charge in [0.2, 0.25) is 5.76 Å². The Kier molecular flexibility index (Phi) is 5.20. The molecular formula is C24H19FN2O5. The number of carbonyl (C=O) groups is 2. The number of halogens is 1. The average Bonchev–Trinajstić information content (AvgIpc) is 3.46. The molecule has 0 bridgehead atoms. The fraction of sp³-hybridized carbons (Fsp3) is 0.167. The lowest BCUT2D eigenvalue weighted by Gasteiger charge is -2.26. The van der Waals surface area contributed by atoms with Gasteiger partial charge in [0.05, 0.1) is 13.2 Å². The SMILES string of the molecule is O=C(Nc1c(C(=O)N2CCOCC2)oc2ccccc12)c1ccc(-c2ccc(F)cc2)o1. The third-order valence-electron chi connectivity index (χ3n) is 5.29. The van der Waals surface area contributed by atoms with Gasteiger partial charge in [0.15, 0.2) is 5.76 Å². The zero-order valence-corrected chi connectivity index (χ0v) is 17.0. The summed E-state index contributed by atoms with van der Waals surface area (Å²) in [7, 11) is 0. The molecule has 1 aliphatic heterocycles. The van der Waals surface area contributed by atoms with Crippen molar-refractivity contribution in [3.05, 3.63) is 78.0 Å². The van der Waals surface area contributed by atoms with Gasteiger partial charge in [-0.2, -0.15) is 0 Å². The lowest BCUT2D eigenvalue weighted by Crippen LogP contribution is -2.40. The minimum Gasteiger partial charge on any atom is -0.451 e. The highest BCUT2D eigenvalue weighted by molar-refractivity contribution is 6.13. The molecule has 0 unspecified atom stereocenters. The van der Waals surface area contributed by atoms with Gasteiger partial charge in [-0.15, -0.1) is 0 Å². The Bertz CT molecular complexity index is 1290. The molecule has 2 amide bonds. The van der Waals surface area contributed by atoms with Crippen LogP contribution in [0.25, 0.3) is 22.3 Å². The Morgan fingerprint density at radius 1 is 0.906 bits per heavy atom. The molecule has 3 heterocycles. The Morgan fingerprint density at radius 2 is 1.66 bits per heavy atom. The number of benzene rings is 2. The number of nitrogens with one attached hydrogen (secondary N) is 1. The molecule has 4 aromatic rings. The van der Waals surface area contributed by atoms with Gasteiger partial charge in [-0.3, -0.25) is 9.59 Å². The summed E-state index contributed by atoms with van der Waals surface area (Å²) in [6, 6.07) is 16.0. The molecule has 162 valence electrons. The highest BCUT2D eigenvalue weighted by Crippen LogP contribution is 2.33. The molecule has 0 aliphatic carbocycles. The van der Waals surface area contributed by atoms with Crippen LogP contribution in [0.3, 0.4) is 0 Å². The maximum absolute atomic E-state index is 13.2. The van der Waals surface area contributed by atoms with Crippen molar-refractivity contribution in [3.8, 4) is 11.3 Å². The van der Waals surface area contributed by atoms with Gasteiger partial charge in [-0.1, -0.05) is 12.1 Å². The molecule has 0 spiro atoms. The second-order valence-electron chi connectivity index (χ2n) is 7.33. The first-order chi connectivity index (χ1) is 15.6. The molecule has 0 atom stereocenters. The predicted molar refractivity (Wildman–Crippen MR) is 115 cm³/mol. The summed E-state index contributed by atoms with van der Waals surface area (Å²) in [6.45, 7) is 1.80. The number of anilines is 1. The van der Waals surface area contributed by atoms with E-state index < -0.39 is 5.91 Å². The van der Waals surface area contributed by atoms with Crippen LogP contribution < -0.4 is 5.32 Å². The van der Waals surface area contributed by atoms with E-state index in [0.29, 0.717) is 54.3 Å². The van der Waals surface area contributed by atoms with Crippen LogP contribution in [0.1, 0.15) is 21.1 Å². The first-order valence-electron chi connectivity index (χ1n) is 10.2. The van der Waals surface area contributed by atoms with Crippen molar-refractivity contribution in [3.63, 3.8) is 0 Å². The number of nitrogens with zero attached hydrogens (tertiary/aromatic N) is 1. The number of hydrogen-bond donors (Lipinski definition) is 1. The second-order valence-corrected chi connectivity index (χ2v) is 7.33. The molecule has 1 N–H and O–H groups in total. The van der Waals surface area contributed by atoms with Crippen LogP contribution in [0.5, 0.6) is 0 Å². The van der Waals surface area contributed by atoms with Crippen LogP contribution in [0.4, 0.5) is 10.1 Å². The minimum absolute atomic E-state index is 0.0550. The molecule has 8 heteroatoms. The van der Waals surface area contributed by atoms with E-state index in [2.05, 4.69) is 5.32 Å². The number of furan rings is 2. The molecule has 0 radical (unpaired) electrons. The van der Waals surface area contributed by atoms with E-state index in [9.17, 15) is 14.0 Å². The highest BCUT2D eigenvalue weighted by atomic mass is 19.1. The quantitative estimate of drug-likeness (QED) is 0.509. The molecule has 0 saturated carbocycles. The summed E-state index contributed by atoms with van der Waals surface area (Å²) in [5.74, 6) is -0.655. The van der Waals surface area contributed by atoms with Gasteiger partial charge < -0.3 is 23.8 Å². The number of para-hydroxylation sites is 1. The van der Waals surface area contributed by atoms with Gasteiger partial charge in [-0.05, 0) is 48.5 Å². The van der Waals surface area contributed by atoms with E-state index in [0.717, 1.165) is 0 Å². The second kappa shape index (κ2) is 8.32. The fourth-order valence-corrected chi connectivity index (χ4v) is 3.63. The van der Waals surface area contributed by atoms with E-state index in [4.69, 9.17) is 13.6 Å². The number of ether oxygens (including phenoxy) is 1. The van der Waals surface area contributed by atoms with Crippen LogP contribution >= 0.6 is 0 Å². The monoisotopic (exact) mass is 434 g/mol. The zero-order valence-electron chi connectivity index (χ0n) is 17.0. The first kappa shape index (κ1) is 20.0. The standard InChI is InChI=1S/C24H19FN2O5/c25-16-7-5-15(6-8-16)18-9-10-20(31-18)23(28)26-21-17-3-1-2-4-19(17)32-22(21)24(29)27-11-13-30-14-12-27/h1-10H,11-14H2,(H,26,28). The maximum Gasteiger partial charge on any atom is 0.291 e. The molecule has 1 fully saturated rings. The average molecular weight is 434 g/mol. The van der Waals surface area contributed by atoms with Crippen molar-refractivity contribution in [2.45, 2.75) is 0 Å². The first-order valence-corrected chi connectivity index (χ1v) is 10.2. The lowest BCUT2D eigenvalue weighted by atomic mass is 10.2. The van der Waals surface area contributed by atoms with Crippen molar-refractivity contribution in [2.75, 3.05) is 31.6 Å². The van der Waals surface area contributed by atoms with E-state index in [1.807, 2.05) is 0 Å². The van der Waals surface area contributed by atoms with Crippen molar-refractivity contribution >= 4 is 28.5 Å². The van der Waals surface area contributed by atoms with E-state index in [-0.39, 0.29) is 23.2 Å². The van der Waals surface area contributed by atoms with Crippen LogP contribution in [0.2, 0.25) is 0 Å². The number of rotatable bonds is 4. The van der Waals surface area contributed by atoms with Crippen LogP contribution in [-0.4, -0.2) is 43.0 Å². The van der Waals surface area contributed by atoms with Crippen molar-refractivity contribution in [2.24, 2.45) is 0 Å². The van der Waals surface area contributed by atoms with Crippen LogP contribution in [0, 0.1) is 5.82 Å². The molecule has 32 heavy (non-hydrogen) atoms. The molecule has 5 rings (SSSR count). The number of carbonyl (C=O) groups excluding carboxylic acids is 2. The Labute approximate surface area is 182 Å². The number of fused-ring (bicyclic) bond motifs is 1. The number of hydrogen-bond acceptors (Lipinski definition) is 5. The summed E-state index contributed by atoms with van der Waals surface area (Å²) in [4.78, 5) is 27.7. The minimum atomic E-state index is -0.527. The summed E-state index contributed by atoms with van der Waals surface area (Å²) < 4.78 is 30.0. The zero-order chi connectivity index (χ0) is 22.1. The Balaban J connectivity index is 1.45. The molecular weight excluding hydrogens is 415 g/mol. The summed E-state index contributed by atoms with van der Waals surface area (Å²) >= 11 is 0. The number of amides is 2. The Morgan fingerprint density at radius 3 is 2.44 bits per heavy atom. The van der Waals surface area contributed by atoms with E-state index in [1.165, 1.54) is 18.2 Å². The molecule has 1 saturated heterocycles. The van der Waals surface area contributed by atoms with Gasteiger partial charge >= 0.3 is 0 Å². The largest absolute Gasteiger partial charge is 0.451 e. The molecule has 7 nitrogen and oxygen atoms in total. The van der Waals surface area contributed by atoms with Crippen LogP contribution in [-0.2, 0) is 4.74 Å². The highest BCUT2D eigenvalue weighted by Gasteiger charge is 2.28. The van der Waals surface area contributed by atoms with Crippen molar-refractivity contribution < 1.29 is 27.6 Å². The van der Waals surface area contributed by atoms with E-state index >= 15 is 0 Å². The molecule has 2 aromatic carbocycles. The van der Waals surface area contributed by atoms with Crippen LogP contribution in [0.15, 0.2) is 69.5 Å². The summed E-state index contributed by atoms with van der Waals surface area (Å²) in [5, 5.41) is 3.39.